The molecule has 0 saturated carbocycles. The molecular weight excluding hydrogens is 288 g/mol. The van der Waals surface area contributed by atoms with E-state index < -0.39 is 0 Å². The molecule has 16 heavy (non-hydrogen) atoms. The number of likely N-dealkylation sites (tertiary alicyclic amines) is 1. The molecule has 0 radical (unpaired) electrons. The highest BCUT2D eigenvalue weighted by atomic mass is 79.9. The molecule has 2 aromatic rings. The fraction of sp³-hybridized carbons (Fsp3) is 0.400. The maximum absolute atomic E-state index is 4.30. The molecule has 3 heterocycles. The van der Waals surface area contributed by atoms with Gasteiger partial charge in [0, 0.05) is 37.4 Å². The van der Waals surface area contributed by atoms with E-state index in [1.807, 2.05) is 23.3 Å². The zero-order chi connectivity index (χ0) is 11.0. The molecule has 1 aliphatic rings. The number of halogens is 1. The predicted molar refractivity (Wildman–Crippen MR) is 66.4 cm³/mol. The SMILES string of the molecule is Brc1cnn(C2CN(Cc3cnsc3)C2)c1. The Balaban J connectivity index is 1.55. The summed E-state index contributed by atoms with van der Waals surface area (Å²) in [5.41, 5.74) is 1.31. The minimum Gasteiger partial charge on any atom is -0.295 e. The van der Waals surface area contributed by atoms with Gasteiger partial charge in [0.25, 0.3) is 0 Å². The first-order valence-corrected chi connectivity index (χ1v) is 6.74. The first-order chi connectivity index (χ1) is 7.81. The van der Waals surface area contributed by atoms with Gasteiger partial charge in [-0.25, -0.2) is 4.37 Å². The van der Waals surface area contributed by atoms with E-state index in [0.717, 1.165) is 24.1 Å². The largest absolute Gasteiger partial charge is 0.295 e. The number of nitrogens with zero attached hydrogens (tertiary/aromatic N) is 4. The van der Waals surface area contributed by atoms with Gasteiger partial charge in [0.15, 0.2) is 0 Å². The van der Waals surface area contributed by atoms with Crippen molar-refractivity contribution in [2.75, 3.05) is 13.1 Å². The van der Waals surface area contributed by atoms with E-state index in [2.05, 4.69) is 35.7 Å². The second-order valence-electron chi connectivity index (χ2n) is 4.02. The molecule has 6 heteroatoms. The third-order valence-corrected chi connectivity index (χ3v) is 3.82. The fourth-order valence-electron chi connectivity index (χ4n) is 1.92. The molecule has 84 valence electrons. The molecule has 0 atom stereocenters. The van der Waals surface area contributed by atoms with Crippen molar-refractivity contribution < 1.29 is 0 Å². The minimum absolute atomic E-state index is 0.526. The third-order valence-electron chi connectivity index (χ3n) is 2.77. The molecule has 1 aliphatic heterocycles. The third kappa shape index (κ3) is 2.05. The summed E-state index contributed by atoms with van der Waals surface area (Å²) in [7, 11) is 0. The van der Waals surface area contributed by atoms with Gasteiger partial charge in [-0.05, 0) is 33.0 Å². The Morgan fingerprint density at radius 2 is 2.31 bits per heavy atom. The smallest absolute Gasteiger partial charge is 0.0773 e. The first-order valence-electron chi connectivity index (χ1n) is 5.11. The lowest BCUT2D eigenvalue weighted by molar-refractivity contribution is 0.0909. The lowest BCUT2D eigenvalue weighted by Gasteiger charge is -2.38. The molecule has 1 fully saturated rings. The Morgan fingerprint density at radius 1 is 1.44 bits per heavy atom. The van der Waals surface area contributed by atoms with Crippen LogP contribution >= 0.6 is 27.5 Å². The molecule has 1 saturated heterocycles. The molecule has 0 N–H and O–H groups in total. The summed E-state index contributed by atoms with van der Waals surface area (Å²) in [5.74, 6) is 0. The van der Waals surface area contributed by atoms with Gasteiger partial charge in [-0.3, -0.25) is 9.58 Å². The van der Waals surface area contributed by atoms with Gasteiger partial charge in [0.05, 0.1) is 16.7 Å². The van der Waals surface area contributed by atoms with Crippen molar-refractivity contribution in [3.05, 3.63) is 34.0 Å². The van der Waals surface area contributed by atoms with Crippen LogP contribution in [0.4, 0.5) is 0 Å². The Morgan fingerprint density at radius 3 is 2.94 bits per heavy atom. The Kier molecular flexibility index (Phi) is 2.79. The van der Waals surface area contributed by atoms with Crippen LogP contribution in [-0.2, 0) is 6.54 Å². The van der Waals surface area contributed by atoms with E-state index in [1.54, 1.807) is 0 Å². The average Bonchev–Trinajstić information content (AvgIpc) is 2.82. The van der Waals surface area contributed by atoms with Crippen molar-refractivity contribution >= 4 is 27.5 Å². The van der Waals surface area contributed by atoms with E-state index in [4.69, 9.17) is 0 Å². The highest BCUT2D eigenvalue weighted by Gasteiger charge is 2.28. The molecule has 3 rings (SSSR count). The van der Waals surface area contributed by atoms with Gasteiger partial charge >= 0.3 is 0 Å². The maximum atomic E-state index is 4.30. The van der Waals surface area contributed by atoms with Crippen LogP contribution in [0.3, 0.4) is 0 Å². The van der Waals surface area contributed by atoms with Crippen LogP contribution < -0.4 is 0 Å². The summed E-state index contributed by atoms with van der Waals surface area (Å²) in [6, 6.07) is 0.526. The van der Waals surface area contributed by atoms with E-state index in [9.17, 15) is 0 Å². The van der Waals surface area contributed by atoms with Gasteiger partial charge in [-0.1, -0.05) is 0 Å². The number of aromatic nitrogens is 3. The second-order valence-corrected chi connectivity index (χ2v) is 5.59. The van der Waals surface area contributed by atoms with Crippen molar-refractivity contribution in [1.82, 2.24) is 19.1 Å². The number of rotatable bonds is 3. The standard InChI is InChI=1S/C10H11BrN4S/c11-9-2-12-15(4-9)10-5-14(6-10)3-8-1-13-16-7-8/h1-2,4,7,10H,3,5-6H2. The van der Waals surface area contributed by atoms with Crippen molar-refractivity contribution in [3.8, 4) is 0 Å². The quantitative estimate of drug-likeness (QED) is 0.871. The summed E-state index contributed by atoms with van der Waals surface area (Å²) in [4.78, 5) is 2.41. The van der Waals surface area contributed by atoms with Crippen LogP contribution in [0.1, 0.15) is 11.6 Å². The molecule has 0 aliphatic carbocycles. The van der Waals surface area contributed by atoms with Gasteiger partial charge < -0.3 is 0 Å². The zero-order valence-electron chi connectivity index (χ0n) is 8.58. The molecule has 4 nitrogen and oxygen atoms in total. The Labute approximate surface area is 106 Å². The topological polar surface area (TPSA) is 34.0 Å². The summed E-state index contributed by atoms with van der Waals surface area (Å²) in [6.45, 7) is 3.16. The monoisotopic (exact) mass is 298 g/mol. The molecule has 0 bridgehead atoms. The van der Waals surface area contributed by atoms with Crippen LogP contribution in [0, 0.1) is 0 Å². The summed E-state index contributed by atoms with van der Waals surface area (Å²) < 4.78 is 7.19. The molecule has 0 amide bonds. The maximum Gasteiger partial charge on any atom is 0.0773 e. The lowest BCUT2D eigenvalue weighted by atomic mass is 10.1. The summed E-state index contributed by atoms with van der Waals surface area (Å²) in [6.07, 6.45) is 5.82. The zero-order valence-corrected chi connectivity index (χ0v) is 11.0. The van der Waals surface area contributed by atoms with Crippen molar-refractivity contribution in [2.24, 2.45) is 0 Å². The van der Waals surface area contributed by atoms with Crippen molar-refractivity contribution in [2.45, 2.75) is 12.6 Å². The van der Waals surface area contributed by atoms with Gasteiger partial charge in [-0.2, -0.15) is 5.10 Å². The first kappa shape index (κ1) is 10.4. The highest BCUT2D eigenvalue weighted by molar-refractivity contribution is 9.10. The van der Waals surface area contributed by atoms with Crippen LogP contribution in [0.25, 0.3) is 0 Å². The molecule has 0 aromatic carbocycles. The average molecular weight is 299 g/mol. The normalized spacial score (nSPS) is 17.6. The minimum atomic E-state index is 0.526. The second kappa shape index (κ2) is 4.27. The van der Waals surface area contributed by atoms with Gasteiger partial charge in [0.1, 0.15) is 0 Å². The molecular formula is C10H11BrN4S. The summed E-state index contributed by atoms with van der Waals surface area (Å²) >= 11 is 4.93. The van der Waals surface area contributed by atoms with Gasteiger partial charge in [0.2, 0.25) is 0 Å². The van der Waals surface area contributed by atoms with E-state index in [1.165, 1.54) is 17.1 Å². The Bertz CT molecular complexity index is 461. The van der Waals surface area contributed by atoms with Gasteiger partial charge in [-0.15, -0.1) is 0 Å². The number of hydrogen-bond donors (Lipinski definition) is 0. The van der Waals surface area contributed by atoms with Crippen LogP contribution in [0.5, 0.6) is 0 Å². The molecule has 2 aromatic heterocycles. The molecule has 0 spiro atoms. The van der Waals surface area contributed by atoms with E-state index in [-0.39, 0.29) is 0 Å². The fourth-order valence-corrected chi connectivity index (χ4v) is 2.75. The molecule has 0 unspecified atom stereocenters. The number of hydrogen-bond acceptors (Lipinski definition) is 4. The summed E-state index contributed by atoms with van der Waals surface area (Å²) in [5, 5.41) is 6.41. The van der Waals surface area contributed by atoms with Crippen LogP contribution in [0.15, 0.2) is 28.4 Å². The van der Waals surface area contributed by atoms with Crippen LogP contribution in [-0.4, -0.2) is 32.1 Å². The van der Waals surface area contributed by atoms with Crippen molar-refractivity contribution in [1.29, 1.82) is 0 Å². The van der Waals surface area contributed by atoms with E-state index in [0.29, 0.717) is 6.04 Å². The highest BCUT2D eigenvalue weighted by Crippen LogP contribution is 2.23. The van der Waals surface area contributed by atoms with E-state index >= 15 is 0 Å². The predicted octanol–water partition coefficient (Wildman–Crippen LogP) is 2.16. The van der Waals surface area contributed by atoms with Crippen molar-refractivity contribution in [3.63, 3.8) is 0 Å². The van der Waals surface area contributed by atoms with Crippen LogP contribution in [0.2, 0.25) is 0 Å². The Hall–Kier alpha value is -0.720. The lowest BCUT2D eigenvalue weighted by Crippen LogP contribution is -2.47.